The molecule has 1 aliphatic heterocycles. The van der Waals surface area contributed by atoms with Gasteiger partial charge in [0.2, 0.25) is 5.91 Å². The van der Waals surface area contributed by atoms with Gasteiger partial charge >= 0.3 is 0 Å². The monoisotopic (exact) mass is 331 g/mol. The van der Waals surface area contributed by atoms with Gasteiger partial charge in [-0.1, -0.05) is 24.3 Å². The van der Waals surface area contributed by atoms with Crippen molar-refractivity contribution in [1.29, 1.82) is 0 Å². The molecule has 130 valence electrons. The van der Waals surface area contributed by atoms with Crippen LogP contribution in [0.2, 0.25) is 0 Å². The molecule has 7 nitrogen and oxygen atoms in total. The van der Waals surface area contributed by atoms with Crippen molar-refractivity contribution in [2.75, 3.05) is 26.7 Å². The number of aliphatic hydroxyl groups excluding tert-OH is 1. The van der Waals surface area contributed by atoms with E-state index in [1.165, 1.54) is 0 Å². The second-order valence-corrected chi connectivity index (χ2v) is 6.47. The molecule has 0 aliphatic carbocycles. The number of aromatic nitrogens is 3. The number of rotatable bonds is 6. The molecule has 7 heteroatoms. The lowest BCUT2D eigenvalue weighted by Gasteiger charge is -2.25. The van der Waals surface area contributed by atoms with Crippen LogP contribution in [0.5, 0.6) is 0 Å². The lowest BCUT2D eigenvalue weighted by Crippen LogP contribution is -2.41. The number of carbonyl (C=O) groups is 1. The van der Waals surface area contributed by atoms with Gasteiger partial charge in [-0.3, -0.25) is 9.69 Å². The molecule has 1 aromatic heterocycles. The molecule has 1 aliphatic rings. The number of benzene rings is 1. The molecule has 2 heterocycles. The standard InChI is InChI=1S/C17H25N5O2/c1-3-9-20(2)15-11-21(12-16(15)23)17(24)8-10-22-14-7-5-4-6-13(14)18-19-22/h4-7,15-16,23H,3,8-12H2,1-2H3/t15-,16-/m1/s1. The number of nitrogens with zero attached hydrogens (tertiary/aromatic N) is 5. The summed E-state index contributed by atoms with van der Waals surface area (Å²) in [4.78, 5) is 16.4. The predicted molar refractivity (Wildman–Crippen MR) is 91.4 cm³/mol. The van der Waals surface area contributed by atoms with Crippen LogP contribution in [-0.4, -0.2) is 74.6 Å². The average Bonchev–Trinajstić information content (AvgIpc) is 3.16. The molecule has 1 saturated heterocycles. The van der Waals surface area contributed by atoms with E-state index in [0.717, 1.165) is 24.0 Å². The predicted octanol–water partition coefficient (Wildman–Crippen LogP) is 0.735. The molecule has 0 unspecified atom stereocenters. The van der Waals surface area contributed by atoms with E-state index in [9.17, 15) is 9.90 Å². The summed E-state index contributed by atoms with van der Waals surface area (Å²) in [5, 5.41) is 18.5. The van der Waals surface area contributed by atoms with Gasteiger partial charge in [0.25, 0.3) is 0 Å². The van der Waals surface area contributed by atoms with Crippen LogP contribution in [0.4, 0.5) is 0 Å². The van der Waals surface area contributed by atoms with Gasteiger partial charge in [-0.2, -0.15) is 0 Å². The lowest BCUT2D eigenvalue weighted by atomic mass is 10.2. The van der Waals surface area contributed by atoms with Crippen molar-refractivity contribution >= 4 is 16.9 Å². The highest BCUT2D eigenvalue weighted by Gasteiger charge is 2.35. The minimum absolute atomic E-state index is 0.0288. The summed E-state index contributed by atoms with van der Waals surface area (Å²) in [6, 6.07) is 7.75. The summed E-state index contributed by atoms with van der Waals surface area (Å²) in [6.07, 6.45) is 0.926. The zero-order valence-corrected chi connectivity index (χ0v) is 14.3. The Morgan fingerprint density at radius 3 is 2.96 bits per heavy atom. The molecule has 0 radical (unpaired) electrons. The van der Waals surface area contributed by atoms with Crippen molar-refractivity contribution in [2.45, 2.75) is 38.5 Å². The Kier molecular flexibility index (Phi) is 5.11. The number of fused-ring (bicyclic) bond motifs is 1. The number of aliphatic hydroxyl groups is 1. The molecule has 2 aromatic rings. The first-order chi connectivity index (χ1) is 11.6. The summed E-state index contributed by atoms with van der Waals surface area (Å²) < 4.78 is 1.76. The largest absolute Gasteiger partial charge is 0.390 e. The molecule has 2 atom stereocenters. The quantitative estimate of drug-likeness (QED) is 0.845. The van der Waals surface area contributed by atoms with Gasteiger partial charge in [-0.05, 0) is 32.1 Å². The van der Waals surface area contributed by atoms with Crippen molar-refractivity contribution in [1.82, 2.24) is 24.8 Å². The summed E-state index contributed by atoms with van der Waals surface area (Å²) in [6.45, 7) is 4.55. The highest BCUT2D eigenvalue weighted by atomic mass is 16.3. The van der Waals surface area contributed by atoms with Crippen LogP contribution in [0, 0.1) is 0 Å². The van der Waals surface area contributed by atoms with E-state index < -0.39 is 6.10 Å². The third kappa shape index (κ3) is 3.42. The number of likely N-dealkylation sites (N-methyl/N-ethyl adjacent to an activating group) is 1. The Balaban J connectivity index is 1.58. The van der Waals surface area contributed by atoms with Gasteiger partial charge < -0.3 is 10.0 Å². The molecule has 1 amide bonds. The highest BCUT2D eigenvalue weighted by molar-refractivity contribution is 5.77. The van der Waals surface area contributed by atoms with Crippen molar-refractivity contribution < 1.29 is 9.90 Å². The van der Waals surface area contributed by atoms with Crippen LogP contribution in [0.25, 0.3) is 11.0 Å². The van der Waals surface area contributed by atoms with E-state index in [-0.39, 0.29) is 11.9 Å². The van der Waals surface area contributed by atoms with Crippen LogP contribution in [0.3, 0.4) is 0 Å². The minimum Gasteiger partial charge on any atom is -0.390 e. The van der Waals surface area contributed by atoms with Gasteiger partial charge in [-0.25, -0.2) is 4.68 Å². The first-order valence-corrected chi connectivity index (χ1v) is 8.54. The smallest absolute Gasteiger partial charge is 0.224 e. The first-order valence-electron chi connectivity index (χ1n) is 8.54. The Labute approximate surface area is 141 Å². The maximum absolute atomic E-state index is 12.5. The fourth-order valence-electron chi connectivity index (χ4n) is 3.37. The van der Waals surface area contributed by atoms with Crippen molar-refractivity contribution in [3.8, 4) is 0 Å². The van der Waals surface area contributed by atoms with Gasteiger partial charge in [0, 0.05) is 19.5 Å². The van der Waals surface area contributed by atoms with Crippen LogP contribution in [-0.2, 0) is 11.3 Å². The van der Waals surface area contributed by atoms with Crippen molar-refractivity contribution in [3.05, 3.63) is 24.3 Å². The zero-order chi connectivity index (χ0) is 17.1. The van der Waals surface area contributed by atoms with E-state index in [1.807, 2.05) is 31.3 Å². The topological polar surface area (TPSA) is 74.5 Å². The number of hydrogen-bond donors (Lipinski definition) is 1. The first kappa shape index (κ1) is 16.9. The third-order valence-corrected chi connectivity index (χ3v) is 4.71. The number of hydrogen-bond acceptors (Lipinski definition) is 5. The third-order valence-electron chi connectivity index (χ3n) is 4.71. The Bertz CT molecular complexity index is 701. The number of amides is 1. The number of β-amino-alcohol motifs (C(OH)–C–C–N with tert-alkyl or cyclic N) is 1. The number of para-hydroxylation sites is 1. The van der Waals surface area contributed by atoms with Crippen LogP contribution in [0.1, 0.15) is 19.8 Å². The molecule has 1 aromatic carbocycles. The average molecular weight is 331 g/mol. The number of aryl methyl sites for hydroxylation is 1. The van der Waals surface area contributed by atoms with Crippen molar-refractivity contribution in [2.24, 2.45) is 0 Å². The van der Waals surface area contributed by atoms with Gasteiger partial charge in [0.05, 0.1) is 24.2 Å². The Hall–Kier alpha value is -1.99. The number of likely N-dealkylation sites (tertiary alicyclic amines) is 1. The molecule has 0 spiro atoms. The van der Waals surface area contributed by atoms with Gasteiger partial charge in [-0.15, -0.1) is 5.10 Å². The molecular formula is C17H25N5O2. The molecule has 3 rings (SSSR count). The van der Waals surface area contributed by atoms with E-state index in [2.05, 4.69) is 22.1 Å². The van der Waals surface area contributed by atoms with E-state index in [4.69, 9.17) is 0 Å². The fourth-order valence-corrected chi connectivity index (χ4v) is 3.37. The summed E-state index contributed by atoms with van der Waals surface area (Å²) in [5.41, 5.74) is 1.77. The van der Waals surface area contributed by atoms with Crippen LogP contribution < -0.4 is 0 Å². The SMILES string of the molecule is CCCN(C)[C@@H]1CN(C(=O)CCn2nnc3ccccc32)C[C@H]1O. The maximum Gasteiger partial charge on any atom is 0.224 e. The van der Waals surface area contributed by atoms with E-state index in [1.54, 1.807) is 9.58 Å². The molecule has 0 saturated carbocycles. The number of carbonyl (C=O) groups excluding carboxylic acids is 1. The van der Waals surface area contributed by atoms with Gasteiger partial charge in [0.15, 0.2) is 0 Å². The van der Waals surface area contributed by atoms with Crippen LogP contribution in [0.15, 0.2) is 24.3 Å². The summed E-state index contributed by atoms with van der Waals surface area (Å²) in [7, 11) is 2.01. The molecule has 1 N–H and O–H groups in total. The van der Waals surface area contributed by atoms with Crippen LogP contribution >= 0.6 is 0 Å². The van der Waals surface area contributed by atoms with E-state index in [0.29, 0.717) is 26.1 Å². The Morgan fingerprint density at radius 1 is 1.38 bits per heavy atom. The van der Waals surface area contributed by atoms with Gasteiger partial charge in [0.1, 0.15) is 5.52 Å². The second kappa shape index (κ2) is 7.27. The minimum atomic E-state index is -0.474. The normalized spacial score (nSPS) is 21.1. The van der Waals surface area contributed by atoms with Crippen molar-refractivity contribution in [3.63, 3.8) is 0 Å². The fraction of sp³-hybridized carbons (Fsp3) is 0.588. The maximum atomic E-state index is 12.5. The zero-order valence-electron chi connectivity index (χ0n) is 14.3. The highest BCUT2D eigenvalue weighted by Crippen LogP contribution is 2.17. The summed E-state index contributed by atoms with van der Waals surface area (Å²) in [5.74, 6) is 0.0565. The lowest BCUT2D eigenvalue weighted by molar-refractivity contribution is -0.130. The second-order valence-electron chi connectivity index (χ2n) is 6.47. The summed E-state index contributed by atoms with van der Waals surface area (Å²) >= 11 is 0. The Morgan fingerprint density at radius 2 is 2.17 bits per heavy atom. The molecule has 0 bridgehead atoms. The molecule has 1 fully saturated rings. The molecule has 24 heavy (non-hydrogen) atoms. The molecular weight excluding hydrogens is 306 g/mol. The van der Waals surface area contributed by atoms with E-state index >= 15 is 0 Å².